The van der Waals surface area contributed by atoms with Gasteiger partial charge < -0.3 is 9.13 Å². The number of hydrogen-bond donors (Lipinski definition) is 0. The molecule has 2 aromatic heterocycles. The molecule has 0 N–H and O–H groups in total. The number of rotatable bonds is 4. The Labute approximate surface area is 277 Å². The van der Waals surface area contributed by atoms with E-state index >= 15 is 0 Å². The minimum absolute atomic E-state index is 0.589. The molecule has 0 saturated heterocycles. The molecule has 222 valence electrons. The van der Waals surface area contributed by atoms with Crippen LogP contribution in [0.15, 0.2) is 158 Å². The molecular weight excluding hydrogens is 585 g/mol. The Hall–Kier alpha value is -6.88. The first-order valence-corrected chi connectivity index (χ1v) is 15.8. The Morgan fingerprint density at radius 3 is 1.65 bits per heavy atom. The van der Waals surface area contributed by atoms with Gasteiger partial charge in [0.25, 0.3) is 0 Å². The van der Waals surface area contributed by atoms with Gasteiger partial charge in [0.05, 0.1) is 40.9 Å². The molecule has 48 heavy (non-hydrogen) atoms. The van der Waals surface area contributed by atoms with Crippen LogP contribution in [-0.4, -0.2) is 9.13 Å². The molecule has 0 aliphatic heterocycles. The van der Waals surface area contributed by atoms with Gasteiger partial charge in [-0.2, -0.15) is 0 Å². The molecule has 2 heterocycles. The number of aromatic nitrogens is 2. The number of nitrogens with zero attached hydrogens (tertiary/aromatic N) is 4. The third-order valence-corrected chi connectivity index (χ3v) is 9.35. The maximum atomic E-state index is 7.90. The summed E-state index contributed by atoms with van der Waals surface area (Å²) in [6, 6.07) is 54.5. The van der Waals surface area contributed by atoms with E-state index in [1.54, 1.807) is 0 Å². The molecule has 9 aromatic rings. The van der Waals surface area contributed by atoms with Crippen molar-refractivity contribution < 1.29 is 0 Å². The van der Waals surface area contributed by atoms with Gasteiger partial charge >= 0.3 is 0 Å². The lowest BCUT2D eigenvalue weighted by Crippen LogP contribution is -1.98. The van der Waals surface area contributed by atoms with Crippen molar-refractivity contribution >= 4 is 55.0 Å². The summed E-state index contributed by atoms with van der Waals surface area (Å²) in [5.74, 6) is 0. The fourth-order valence-electron chi connectivity index (χ4n) is 7.28. The van der Waals surface area contributed by atoms with Crippen molar-refractivity contribution in [1.82, 2.24) is 9.13 Å². The average Bonchev–Trinajstić information content (AvgIpc) is 3.67. The number of para-hydroxylation sites is 4. The highest BCUT2D eigenvalue weighted by Crippen LogP contribution is 2.42. The fourth-order valence-corrected chi connectivity index (χ4v) is 7.28. The summed E-state index contributed by atoms with van der Waals surface area (Å²) < 4.78 is 4.63. The molecular formula is C44H26N4. The van der Waals surface area contributed by atoms with Crippen molar-refractivity contribution in [3.63, 3.8) is 0 Å². The van der Waals surface area contributed by atoms with Crippen molar-refractivity contribution in [3.8, 4) is 33.6 Å². The van der Waals surface area contributed by atoms with Crippen LogP contribution in [0.25, 0.3) is 86.9 Å². The zero-order valence-corrected chi connectivity index (χ0v) is 25.8. The van der Waals surface area contributed by atoms with Crippen LogP contribution < -0.4 is 0 Å². The monoisotopic (exact) mass is 610 g/mol. The zero-order chi connectivity index (χ0) is 32.2. The molecule has 0 atom stereocenters. The summed E-state index contributed by atoms with van der Waals surface area (Å²) >= 11 is 0. The van der Waals surface area contributed by atoms with Gasteiger partial charge in [-0.3, -0.25) is 0 Å². The van der Waals surface area contributed by atoms with E-state index < -0.39 is 0 Å². The maximum Gasteiger partial charge on any atom is 0.188 e. The third kappa shape index (κ3) is 4.14. The fraction of sp³-hybridized carbons (Fsp3) is 0. The van der Waals surface area contributed by atoms with Gasteiger partial charge in [-0.05, 0) is 76.7 Å². The molecule has 0 fully saturated rings. The van der Waals surface area contributed by atoms with Crippen LogP contribution in [0.5, 0.6) is 0 Å². The predicted octanol–water partition coefficient (Wildman–Crippen LogP) is 12.3. The van der Waals surface area contributed by atoms with E-state index in [0.29, 0.717) is 11.4 Å². The molecule has 0 aliphatic rings. The van der Waals surface area contributed by atoms with Crippen LogP contribution >= 0.6 is 0 Å². The highest BCUT2D eigenvalue weighted by Gasteiger charge is 2.19. The first-order valence-electron chi connectivity index (χ1n) is 15.8. The third-order valence-electron chi connectivity index (χ3n) is 9.35. The summed E-state index contributed by atoms with van der Waals surface area (Å²) in [4.78, 5) is 7.55. The summed E-state index contributed by atoms with van der Waals surface area (Å²) in [6.45, 7) is 15.5. The summed E-state index contributed by atoms with van der Waals surface area (Å²) in [5.41, 5.74) is 11.9. The van der Waals surface area contributed by atoms with Gasteiger partial charge in [0.1, 0.15) is 0 Å². The highest BCUT2D eigenvalue weighted by molar-refractivity contribution is 6.11. The predicted molar refractivity (Wildman–Crippen MR) is 199 cm³/mol. The van der Waals surface area contributed by atoms with E-state index in [1.165, 1.54) is 10.8 Å². The topological polar surface area (TPSA) is 18.6 Å². The van der Waals surface area contributed by atoms with Crippen molar-refractivity contribution in [2.45, 2.75) is 0 Å². The second-order valence-electron chi connectivity index (χ2n) is 11.9. The largest absolute Gasteiger partial charge is 0.309 e. The van der Waals surface area contributed by atoms with E-state index in [9.17, 15) is 0 Å². The van der Waals surface area contributed by atoms with Crippen LogP contribution in [0, 0.1) is 13.1 Å². The van der Waals surface area contributed by atoms with Crippen molar-refractivity contribution in [2.75, 3.05) is 0 Å². The summed E-state index contributed by atoms with van der Waals surface area (Å²) in [6.07, 6.45) is 0. The zero-order valence-electron chi connectivity index (χ0n) is 25.8. The van der Waals surface area contributed by atoms with Crippen LogP contribution in [0.3, 0.4) is 0 Å². The number of benzene rings is 7. The van der Waals surface area contributed by atoms with E-state index in [0.717, 1.165) is 66.5 Å². The normalized spacial score (nSPS) is 11.3. The molecule has 4 nitrogen and oxygen atoms in total. The van der Waals surface area contributed by atoms with Crippen LogP contribution in [0.2, 0.25) is 0 Å². The van der Waals surface area contributed by atoms with Gasteiger partial charge in [-0.25, -0.2) is 9.69 Å². The van der Waals surface area contributed by atoms with Crippen LogP contribution in [0.1, 0.15) is 0 Å². The Morgan fingerprint density at radius 2 is 0.938 bits per heavy atom. The molecule has 0 unspecified atom stereocenters. The lowest BCUT2D eigenvalue weighted by atomic mass is 9.92. The number of fused-ring (bicyclic) bond motifs is 6. The van der Waals surface area contributed by atoms with Gasteiger partial charge in [0, 0.05) is 27.4 Å². The lowest BCUT2D eigenvalue weighted by molar-refractivity contribution is 1.18. The Kier molecular flexibility index (Phi) is 6.22. The van der Waals surface area contributed by atoms with Crippen LogP contribution in [-0.2, 0) is 0 Å². The van der Waals surface area contributed by atoms with Crippen molar-refractivity contribution in [1.29, 1.82) is 0 Å². The van der Waals surface area contributed by atoms with Gasteiger partial charge in [-0.15, -0.1) is 0 Å². The van der Waals surface area contributed by atoms with Gasteiger partial charge in [0.2, 0.25) is 0 Å². The van der Waals surface area contributed by atoms with E-state index in [2.05, 4.69) is 140 Å². The quantitative estimate of drug-likeness (QED) is 0.177. The molecule has 0 spiro atoms. The molecule has 0 bridgehead atoms. The second kappa shape index (κ2) is 10.9. The van der Waals surface area contributed by atoms with E-state index in [4.69, 9.17) is 13.1 Å². The average molecular weight is 611 g/mol. The first kappa shape index (κ1) is 27.4. The molecule has 0 radical (unpaired) electrons. The molecule has 7 aromatic carbocycles. The SMILES string of the molecule is [C-]#[N+]c1ccc(-c2cccc(-n3c4ccccc4c4ccccc43)c2)c(-c2ccccc2-n2c3ccccc3c3cc([N+]#[C-])ccc32)c1. The van der Waals surface area contributed by atoms with Gasteiger partial charge in [0.15, 0.2) is 11.4 Å². The molecule has 0 amide bonds. The Bertz CT molecular complexity index is 2760. The highest BCUT2D eigenvalue weighted by atomic mass is 15.0. The van der Waals surface area contributed by atoms with Crippen molar-refractivity contribution in [3.05, 3.63) is 181 Å². The van der Waals surface area contributed by atoms with Gasteiger partial charge in [-0.1, -0.05) is 103 Å². The van der Waals surface area contributed by atoms with E-state index in [1.807, 2.05) is 36.4 Å². The smallest absolute Gasteiger partial charge is 0.188 e. The Morgan fingerprint density at radius 1 is 0.375 bits per heavy atom. The maximum absolute atomic E-state index is 7.90. The molecule has 0 aliphatic carbocycles. The molecule has 4 heteroatoms. The summed E-state index contributed by atoms with van der Waals surface area (Å²) in [7, 11) is 0. The second-order valence-corrected chi connectivity index (χ2v) is 11.9. The minimum atomic E-state index is 0.589. The standard InChI is InChI=1S/C44H26N4/c1-45-30-22-24-33(29-12-11-13-32(26-29)47-40-18-7-3-14-34(40)35-15-4-8-19-41(35)47)38(27-30)36-16-5-9-20-42(36)48-43-21-10-6-17-37(43)39-28-31(46-2)23-25-44(39)48/h3-28H. The lowest BCUT2D eigenvalue weighted by Gasteiger charge is -2.18. The Balaban J connectivity index is 1.29. The first-order chi connectivity index (χ1) is 23.7. The number of hydrogen-bond acceptors (Lipinski definition) is 0. The molecule has 0 saturated carbocycles. The molecule has 9 rings (SSSR count). The minimum Gasteiger partial charge on any atom is -0.309 e. The van der Waals surface area contributed by atoms with E-state index in [-0.39, 0.29) is 0 Å². The van der Waals surface area contributed by atoms with Crippen molar-refractivity contribution in [2.24, 2.45) is 0 Å². The van der Waals surface area contributed by atoms with Crippen LogP contribution in [0.4, 0.5) is 11.4 Å². The summed E-state index contributed by atoms with van der Waals surface area (Å²) in [5, 5.41) is 4.60.